The lowest BCUT2D eigenvalue weighted by Crippen LogP contribution is -2.33. The van der Waals surface area contributed by atoms with E-state index in [1.807, 2.05) is 6.07 Å². The minimum absolute atomic E-state index is 0.246. The van der Waals surface area contributed by atoms with Gasteiger partial charge in [-0.3, -0.25) is 5.73 Å². The molecule has 0 fully saturated rings. The van der Waals surface area contributed by atoms with Gasteiger partial charge in [-0.15, -0.1) is 0 Å². The molecule has 1 aromatic heterocycles. The largest absolute Gasteiger partial charge is 0.710 e. The molecule has 3 N–H and O–H groups in total. The molecule has 16 heavy (non-hydrogen) atoms. The molecule has 1 rings (SSSR count). The first-order valence-electron chi connectivity index (χ1n) is 5.88. The molecule has 0 saturated heterocycles. The molecule has 0 bridgehead atoms. The second-order valence-corrected chi connectivity index (χ2v) is 4.09. The number of nitrogens with one attached hydrogen (secondary N) is 1. The number of aryl methyl sites for hydroxylation is 1. The van der Waals surface area contributed by atoms with Crippen LogP contribution in [0.5, 0.6) is 0 Å². The maximum atomic E-state index is 11.3. The average Bonchev–Trinajstić information content (AvgIpc) is 2.25. The zero-order valence-corrected chi connectivity index (χ0v) is 10.1. The van der Waals surface area contributed by atoms with Crippen molar-refractivity contribution >= 4 is 11.5 Å². The molecule has 0 aliphatic rings. The molecular formula is C12H21N3O. The van der Waals surface area contributed by atoms with Gasteiger partial charge in [0.2, 0.25) is 0 Å². The highest BCUT2D eigenvalue weighted by molar-refractivity contribution is 5.48. The summed E-state index contributed by atoms with van der Waals surface area (Å²) in [6.45, 7) is 4.88. The Bertz CT molecular complexity index is 316. The quantitative estimate of drug-likeness (QED) is 0.441. The molecule has 0 spiro atoms. The zero-order chi connectivity index (χ0) is 12.0. The molecule has 4 heteroatoms. The van der Waals surface area contributed by atoms with E-state index in [2.05, 4.69) is 12.2 Å². The highest BCUT2D eigenvalue weighted by Gasteiger charge is 2.03. The Labute approximate surface area is 97.1 Å². The van der Waals surface area contributed by atoms with Crippen LogP contribution in [0, 0.1) is 12.1 Å². The minimum atomic E-state index is 0.246. The van der Waals surface area contributed by atoms with Gasteiger partial charge in [-0.2, -0.15) is 0 Å². The van der Waals surface area contributed by atoms with E-state index in [1.54, 1.807) is 13.0 Å². The van der Waals surface area contributed by atoms with Crippen LogP contribution >= 0.6 is 0 Å². The van der Waals surface area contributed by atoms with E-state index in [0.717, 1.165) is 23.4 Å². The zero-order valence-electron chi connectivity index (χ0n) is 10.1. The lowest BCUT2D eigenvalue weighted by atomic mass is 10.2. The van der Waals surface area contributed by atoms with Crippen LogP contribution in [0.1, 0.15) is 38.3 Å². The predicted molar refractivity (Wildman–Crippen MR) is 67.2 cm³/mol. The normalized spacial score (nSPS) is 10.4. The van der Waals surface area contributed by atoms with Crippen molar-refractivity contribution in [1.82, 2.24) is 0 Å². The number of nitrogens with zero attached hydrogens (tertiary/aromatic N) is 1. The fraction of sp³-hybridized carbons (Fsp3) is 0.583. The van der Waals surface area contributed by atoms with Crippen LogP contribution in [0.4, 0.5) is 11.5 Å². The molecule has 0 saturated carbocycles. The summed E-state index contributed by atoms with van der Waals surface area (Å²) in [5, 5.41) is 14.6. The number of anilines is 2. The van der Waals surface area contributed by atoms with Crippen LogP contribution < -0.4 is 15.8 Å². The highest BCUT2D eigenvalue weighted by Crippen LogP contribution is 2.11. The van der Waals surface area contributed by atoms with Gasteiger partial charge in [0, 0.05) is 18.3 Å². The van der Waals surface area contributed by atoms with Gasteiger partial charge in [-0.05, 0) is 13.3 Å². The smallest absolute Gasteiger partial charge is 0.277 e. The van der Waals surface area contributed by atoms with E-state index in [-0.39, 0.29) is 5.82 Å². The average molecular weight is 223 g/mol. The van der Waals surface area contributed by atoms with Crippen LogP contribution in [0.2, 0.25) is 0 Å². The highest BCUT2D eigenvalue weighted by atomic mass is 16.5. The van der Waals surface area contributed by atoms with Gasteiger partial charge in [0.05, 0.1) is 6.07 Å². The maximum absolute atomic E-state index is 11.3. The van der Waals surface area contributed by atoms with E-state index in [9.17, 15) is 5.21 Å². The number of pyridine rings is 1. The summed E-state index contributed by atoms with van der Waals surface area (Å²) in [6.07, 6.45) is 4.91. The van der Waals surface area contributed by atoms with E-state index in [0.29, 0.717) is 5.69 Å². The number of nitrogens with two attached hydrogens (primary N) is 1. The Balaban J connectivity index is 2.43. The van der Waals surface area contributed by atoms with E-state index in [4.69, 9.17) is 5.73 Å². The first kappa shape index (κ1) is 12.6. The topological polar surface area (TPSA) is 65.0 Å². The first-order chi connectivity index (χ1) is 7.65. The summed E-state index contributed by atoms with van der Waals surface area (Å²) in [5.41, 5.74) is 7.13. The van der Waals surface area contributed by atoms with Crippen LogP contribution in [-0.2, 0) is 0 Å². The standard InChI is InChI=1S/C12H21N3O/c1-3-4-5-6-7-14-11-8-10(2)15(16)12(13)9-11/h8-9,14H,3-7,13H2,1-2H3. The summed E-state index contributed by atoms with van der Waals surface area (Å²) < 4.78 is 0.738. The molecule has 0 aliphatic heterocycles. The lowest BCUT2D eigenvalue weighted by molar-refractivity contribution is -0.596. The number of nitrogen functional groups attached to an aromatic ring is 1. The number of rotatable bonds is 6. The summed E-state index contributed by atoms with van der Waals surface area (Å²) in [4.78, 5) is 0. The van der Waals surface area contributed by atoms with E-state index < -0.39 is 0 Å². The van der Waals surface area contributed by atoms with Crippen molar-refractivity contribution < 1.29 is 4.73 Å². The Morgan fingerprint density at radius 1 is 1.31 bits per heavy atom. The fourth-order valence-corrected chi connectivity index (χ4v) is 1.63. The summed E-state index contributed by atoms with van der Waals surface area (Å²) in [6, 6.07) is 3.50. The van der Waals surface area contributed by atoms with E-state index >= 15 is 0 Å². The van der Waals surface area contributed by atoms with Gasteiger partial charge in [0.1, 0.15) is 5.69 Å². The maximum Gasteiger partial charge on any atom is 0.277 e. The third-order valence-corrected chi connectivity index (χ3v) is 2.58. The van der Waals surface area contributed by atoms with Crippen LogP contribution in [0.3, 0.4) is 0 Å². The fourth-order valence-electron chi connectivity index (χ4n) is 1.63. The van der Waals surface area contributed by atoms with Crippen LogP contribution in [-0.4, -0.2) is 6.54 Å². The third kappa shape index (κ3) is 3.61. The molecule has 0 atom stereocenters. The molecule has 0 aliphatic carbocycles. The van der Waals surface area contributed by atoms with Gasteiger partial charge >= 0.3 is 0 Å². The predicted octanol–water partition coefficient (Wildman–Crippen LogP) is 2.20. The van der Waals surface area contributed by atoms with Gasteiger partial charge in [0.15, 0.2) is 0 Å². The molecular weight excluding hydrogens is 202 g/mol. The molecule has 4 nitrogen and oxygen atoms in total. The Morgan fingerprint density at radius 2 is 2.06 bits per heavy atom. The number of unbranched alkanes of at least 4 members (excludes halogenated alkanes) is 3. The van der Waals surface area contributed by atoms with Crippen molar-refractivity contribution in [2.45, 2.75) is 39.5 Å². The number of hydrogen-bond acceptors (Lipinski definition) is 3. The summed E-state index contributed by atoms with van der Waals surface area (Å²) in [7, 11) is 0. The van der Waals surface area contributed by atoms with Gasteiger partial charge in [-0.25, -0.2) is 4.73 Å². The van der Waals surface area contributed by atoms with Crippen molar-refractivity contribution in [3.63, 3.8) is 0 Å². The lowest BCUT2D eigenvalue weighted by Gasteiger charge is -2.12. The van der Waals surface area contributed by atoms with E-state index in [1.165, 1.54) is 19.3 Å². The van der Waals surface area contributed by atoms with Gasteiger partial charge in [-0.1, -0.05) is 26.2 Å². The third-order valence-electron chi connectivity index (χ3n) is 2.58. The molecule has 90 valence electrons. The molecule has 0 aromatic carbocycles. The molecule has 1 heterocycles. The van der Waals surface area contributed by atoms with Gasteiger partial charge < -0.3 is 10.5 Å². The Morgan fingerprint density at radius 3 is 2.69 bits per heavy atom. The van der Waals surface area contributed by atoms with Crippen molar-refractivity contribution in [1.29, 1.82) is 0 Å². The number of aromatic nitrogens is 1. The molecule has 0 unspecified atom stereocenters. The molecule has 0 radical (unpaired) electrons. The van der Waals surface area contributed by atoms with Gasteiger partial charge in [0.25, 0.3) is 5.82 Å². The van der Waals surface area contributed by atoms with Crippen LogP contribution in [0.15, 0.2) is 12.1 Å². The number of hydrogen-bond donors (Lipinski definition) is 2. The first-order valence-corrected chi connectivity index (χ1v) is 5.88. The van der Waals surface area contributed by atoms with Crippen molar-refractivity contribution in [3.05, 3.63) is 23.0 Å². The van der Waals surface area contributed by atoms with Crippen molar-refractivity contribution in [2.75, 3.05) is 17.6 Å². The van der Waals surface area contributed by atoms with Crippen LogP contribution in [0.25, 0.3) is 0 Å². The second-order valence-electron chi connectivity index (χ2n) is 4.09. The van der Waals surface area contributed by atoms with Crippen molar-refractivity contribution in [3.8, 4) is 0 Å². The summed E-state index contributed by atoms with van der Waals surface area (Å²) in [5.74, 6) is 0.246. The summed E-state index contributed by atoms with van der Waals surface area (Å²) >= 11 is 0. The molecule has 0 amide bonds. The monoisotopic (exact) mass is 223 g/mol. The SMILES string of the molecule is CCCCCCNc1cc(C)[n+]([O-])c(N)c1. The second kappa shape index (κ2) is 6.20. The van der Waals surface area contributed by atoms with Crippen molar-refractivity contribution in [2.24, 2.45) is 0 Å². The Hall–Kier alpha value is -1.45. The molecule has 1 aromatic rings. The Kier molecular flexibility index (Phi) is 4.89. The minimum Gasteiger partial charge on any atom is -0.710 e.